The van der Waals surface area contributed by atoms with E-state index in [1.165, 1.54) is 0 Å². The van der Waals surface area contributed by atoms with Crippen molar-refractivity contribution in [2.24, 2.45) is 9.98 Å². The Morgan fingerprint density at radius 3 is 1.45 bits per heavy atom. The Morgan fingerprint density at radius 2 is 1.10 bits per heavy atom. The highest BCUT2D eigenvalue weighted by atomic mass is 15.1. The fourth-order valence-electron chi connectivity index (χ4n) is 2.92. The van der Waals surface area contributed by atoms with Gasteiger partial charge in [0.1, 0.15) is 0 Å². The van der Waals surface area contributed by atoms with Crippen molar-refractivity contribution >= 4 is 23.8 Å². The molecule has 160 valence electrons. The van der Waals surface area contributed by atoms with Gasteiger partial charge in [0.25, 0.3) is 0 Å². The van der Waals surface area contributed by atoms with Gasteiger partial charge in [0.05, 0.1) is 25.0 Å². The molecule has 0 radical (unpaired) electrons. The summed E-state index contributed by atoms with van der Waals surface area (Å²) in [5.41, 5.74) is 4.34. The maximum atomic E-state index is 8.68. The van der Waals surface area contributed by atoms with Gasteiger partial charge in [-0.3, -0.25) is 9.98 Å². The van der Waals surface area contributed by atoms with Crippen LogP contribution in [-0.4, -0.2) is 52.7 Å². The first kappa shape index (κ1) is 23.6. The molecule has 6 nitrogen and oxygen atoms in total. The molecule has 31 heavy (non-hydrogen) atoms. The highest BCUT2D eigenvalue weighted by molar-refractivity contribution is 5.81. The van der Waals surface area contributed by atoms with E-state index in [1.807, 2.05) is 50.8 Å². The van der Waals surface area contributed by atoms with Gasteiger partial charge in [-0.25, -0.2) is 0 Å². The van der Waals surface area contributed by atoms with Gasteiger partial charge in [0, 0.05) is 64.1 Å². The summed E-state index contributed by atoms with van der Waals surface area (Å²) in [7, 11) is 3.98. The second kappa shape index (κ2) is 13.6. The largest absolute Gasteiger partial charge is 0.374 e. The van der Waals surface area contributed by atoms with Crippen molar-refractivity contribution in [3.05, 3.63) is 59.7 Å². The SMILES string of the molecule is CN(CCC#N)c1ccc(/C=N/CCC/N=C/c2ccc(N(C)CCC#N)cc2)cc1. The van der Waals surface area contributed by atoms with E-state index < -0.39 is 0 Å². The predicted molar refractivity (Wildman–Crippen MR) is 129 cm³/mol. The standard InChI is InChI=1S/C25H30N6/c1-30(18-3-14-26)24-10-6-22(7-11-24)20-28-16-5-17-29-21-23-8-12-25(13-9-23)31(2)19-4-15-27/h6-13,20-21H,3-5,16-19H2,1-2H3/b28-20+,29-21+. The van der Waals surface area contributed by atoms with Crippen molar-refractivity contribution in [2.45, 2.75) is 19.3 Å². The number of benzene rings is 2. The minimum Gasteiger partial charge on any atom is -0.374 e. The van der Waals surface area contributed by atoms with Gasteiger partial charge in [-0.1, -0.05) is 24.3 Å². The van der Waals surface area contributed by atoms with Crippen molar-refractivity contribution < 1.29 is 0 Å². The molecule has 0 unspecified atom stereocenters. The number of rotatable bonds is 12. The van der Waals surface area contributed by atoms with Crippen LogP contribution in [0.3, 0.4) is 0 Å². The molecule has 0 amide bonds. The third kappa shape index (κ3) is 8.72. The number of anilines is 2. The summed E-state index contributed by atoms with van der Waals surface area (Å²) in [6.07, 6.45) is 5.73. The van der Waals surface area contributed by atoms with Gasteiger partial charge in [0.15, 0.2) is 0 Å². The van der Waals surface area contributed by atoms with Gasteiger partial charge in [-0.15, -0.1) is 0 Å². The van der Waals surface area contributed by atoms with E-state index in [9.17, 15) is 0 Å². The summed E-state index contributed by atoms with van der Waals surface area (Å²) in [4.78, 5) is 13.1. The van der Waals surface area contributed by atoms with Crippen LogP contribution in [0.2, 0.25) is 0 Å². The first-order chi connectivity index (χ1) is 15.1. The zero-order chi connectivity index (χ0) is 22.3. The molecule has 6 heteroatoms. The Bertz CT molecular complexity index is 839. The molecule has 0 saturated heterocycles. The van der Waals surface area contributed by atoms with Crippen molar-refractivity contribution in [2.75, 3.05) is 50.1 Å². The summed E-state index contributed by atoms with van der Waals surface area (Å²) < 4.78 is 0. The van der Waals surface area contributed by atoms with Crippen molar-refractivity contribution in [1.82, 2.24) is 0 Å². The van der Waals surface area contributed by atoms with Crippen LogP contribution in [0.15, 0.2) is 58.5 Å². The molecule has 0 aliphatic heterocycles. The van der Waals surface area contributed by atoms with Crippen LogP contribution < -0.4 is 9.80 Å². The number of aliphatic imine (C=N–C) groups is 2. The Morgan fingerprint density at radius 1 is 0.710 bits per heavy atom. The first-order valence-electron chi connectivity index (χ1n) is 10.5. The lowest BCUT2D eigenvalue weighted by atomic mass is 10.2. The van der Waals surface area contributed by atoms with Crippen LogP contribution in [0.5, 0.6) is 0 Å². The summed E-state index contributed by atoms with van der Waals surface area (Å²) in [6.45, 7) is 2.94. The van der Waals surface area contributed by atoms with Crippen molar-refractivity contribution in [3.63, 3.8) is 0 Å². The Labute approximate surface area is 185 Å². The van der Waals surface area contributed by atoms with E-state index in [4.69, 9.17) is 10.5 Å². The summed E-state index contributed by atoms with van der Waals surface area (Å²) >= 11 is 0. The quantitative estimate of drug-likeness (QED) is 0.383. The highest BCUT2D eigenvalue weighted by Crippen LogP contribution is 2.14. The van der Waals surface area contributed by atoms with Crippen LogP contribution in [0.4, 0.5) is 11.4 Å². The van der Waals surface area contributed by atoms with Crippen LogP contribution in [0.25, 0.3) is 0 Å². The number of hydrogen-bond acceptors (Lipinski definition) is 6. The van der Waals surface area contributed by atoms with E-state index in [0.29, 0.717) is 12.8 Å². The molecule has 0 bridgehead atoms. The maximum Gasteiger partial charge on any atom is 0.0640 e. The molecule has 0 atom stereocenters. The zero-order valence-corrected chi connectivity index (χ0v) is 18.4. The molecular formula is C25H30N6. The third-order valence-electron chi connectivity index (χ3n) is 4.84. The lowest BCUT2D eigenvalue weighted by Gasteiger charge is -2.17. The van der Waals surface area contributed by atoms with E-state index in [0.717, 1.165) is 55.1 Å². The molecule has 2 rings (SSSR count). The van der Waals surface area contributed by atoms with Gasteiger partial charge in [0.2, 0.25) is 0 Å². The second-order valence-electron chi connectivity index (χ2n) is 7.27. The van der Waals surface area contributed by atoms with Gasteiger partial charge in [-0.05, 0) is 41.8 Å². The second-order valence-corrected chi connectivity index (χ2v) is 7.27. The predicted octanol–water partition coefficient (Wildman–Crippen LogP) is 4.31. The van der Waals surface area contributed by atoms with E-state index in [-0.39, 0.29) is 0 Å². The smallest absolute Gasteiger partial charge is 0.0640 e. The summed E-state index contributed by atoms with van der Waals surface area (Å²) in [5.74, 6) is 0. The normalized spacial score (nSPS) is 10.8. The average molecular weight is 415 g/mol. The molecule has 0 aliphatic carbocycles. The molecule has 2 aromatic rings. The van der Waals surface area contributed by atoms with Gasteiger partial charge < -0.3 is 9.80 Å². The summed E-state index contributed by atoms with van der Waals surface area (Å²) in [5, 5.41) is 17.4. The molecular weight excluding hydrogens is 384 g/mol. The van der Waals surface area contributed by atoms with Gasteiger partial charge in [-0.2, -0.15) is 10.5 Å². The Hall–Kier alpha value is -3.64. The highest BCUT2D eigenvalue weighted by Gasteiger charge is 2.00. The Kier molecular flexibility index (Phi) is 10.3. The molecule has 2 aromatic carbocycles. The molecule has 0 aromatic heterocycles. The van der Waals surface area contributed by atoms with E-state index in [1.54, 1.807) is 0 Å². The molecule has 0 spiro atoms. The topological polar surface area (TPSA) is 78.8 Å². The molecule has 0 aliphatic rings. The average Bonchev–Trinajstić information content (AvgIpc) is 2.81. The maximum absolute atomic E-state index is 8.68. The minimum atomic E-state index is 0.522. The van der Waals surface area contributed by atoms with Crippen LogP contribution in [0.1, 0.15) is 30.4 Å². The minimum absolute atomic E-state index is 0.522. The molecule has 0 fully saturated rings. The van der Waals surface area contributed by atoms with Crippen LogP contribution >= 0.6 is 0 Å². The summed E-state index contributed by atoms with van der Waals surface area (Å²) in [6, 6.07) is 20.7. The van der Waals surface area contributed by atoms with E-state index in [2.05, 4.69) is 56.2 Å². The fraction of sp³-hybridized carbons (Fsp3) is 0.360. The van der Waals surface area contributed by atoms with E-state index >= 15 is 0 Å². The lowest BCUT2D eigenvalue weighted by Crippen LogP contribution is -2.17. The molecule has 0 saturated carbocycles. The zero-order valence-electron chi connectivity index (χ0n) is 18.4. The first-order valence-corrected chi connectivity index (χ1v) is 10.5. The Balaban J connectivity index is 1.69. The molecule has 0 heterocycles. The number of nitrogens with zero attached hydrogens (tertiary/aromatic N) is 6. The lowest BCUT2D eigenvalue weighted by molar-refractivity contribution is 0.851. The van der Waals surface area contributed by atoms with Crippen LogP contribution in [-0.2, 0) is 0 Å². The van der Waals surface area contributed by atoms with Crippen molar-refractivity contribution in [1.29, 1.82) is 10.5 Å². The number of nitriles is 2. The fourth-order valence-corrected chi connectivity index (χ4v) is 2.92. The van der Waals surface area contributed by atoms with Crippen molar-refractivity contribution in [3.8, 4) is 12.1 Å². The van der Waals surface area contributed by atoms with Gasteiger partial charge >= 0.3 is 0 Å². The molecule has 0 N–H and O–H groups in total. The number of hydrogen-bond donors (Lipinski definition) is 0. The third-order valence-corrected chi connectivity index (χ3v) is 4.84. The van der Waals surface area contributed by atoms with Crippen LogP contribution in [0, 0.1) is 22.7 Å². The monoisotopic (exact) mass is 414 g/mol.